The molecule has 0 fully saturated rings. The van der Waals surface area contributed by atoms with E-state index in [1.807, 2.05) is 34.6 Å². The maximum Gasteiger partial charge on any atom is 0.241 e. The van der Waals surface area contributed by atoms with Gasteiger partial charge < -0.3 is 0 Å². The molecule has 1 aromatic rings. The average Bonchev–Trinajstić information content (AvgIpc) is 2.39. The van der Waals surface area contributed by atoms with Crippen LogP contribution in [-0.2, 0) is 10.0 Å². The Morgan fingerprint density at radius 3 is 1.90 bits per heavy atom. The third-order valence-electron chi connectivity index (χ3n) is 3.77. The van der Waals surface area contributed by atoms with E-state index in [0.29, 0.717) is 4.90 Å². The zero-order valence-corrected chi connectivity index (χ0v) is 13.3. The zero-order valence-electron chi connectivity index (χ0n) is 12.5. The molecule has 0 heterocycles. The highest BCUT2D eigenvalue weighted by molar-refractivity contribution is 7.89. The molecule has 1 rings (SSSR count). The van der Waals surface area contributed by atoms with Crippen molar-refractivity contribution in [3.63, 3.8) is 0 Å². The minimum atomic E-state index is -3.60. The van der Waals surface area contributed by atoms with Gasteiger partial charge in [0.1, 0.15) is 0 Å². The van der Waals surface area contributed by atoms with Gasteiger partial charge in [-0.25, -0.2) is 13.1 Å². The van der Waals surface area contributed by atoms with E-state index >= 15 is 0 Å². The van der Waals surface area contributed by atoms with Crippen LogP contribution in [0.4, 0.5) is 0 Å². The lowest BCUT2D eigenvalue weighted by Crippen LogP contribution is -2.28. The number of benzene rings is 1. The molecule has 0 atom stereocenters. The summed E-state index contributed by atoms with van der Waals surface area (Å²) in [4.78, 5) is 2.93. The van der Waals surface area contributed by atoms with Crippen LogP contribution in [0.25, 0.3) is 10.4 Å². The summed E-state index contributed by atoms with van der Waals surface area (Å²) in [7, 11) is -3.60. The summed E-state index contributed by atoms with van der Waals surface area (Å²) in [6, 6.07) is 0. The molecule has 0 bridgehead atoms. The monoisotopic (exact) mass is 296 g/mol. The molecule has 1 N–H and O–H groups in total. The molecule has 0 aliphatic rings. The van der Waals surface area contributed by atoms with Crippen molar-refractivity contribution in [1.29, 1.82) is 0 Å². The van der Waals surface area contributed by atoms with Gasteiger partial charge in [0.15, 0.2) is 0 Å². The highest BCUT2D eigenvalue weighted by Gasteiger charge is 2.22. The standard InChI is InChI=1S/C13H20N4O2S/c1-8-9(2)11(4)13(12(5)10(8)3)20(18,19)16-7-6-15-17-14/h16H,6-7H2,1-5H3. The lowest BCUT2D eigenvalue weighted by Gasteiger charge is -2.18. The summed E-state index contributed by atoms with van der Waals surface area (Å²) in [6.45, 7) is 9.67. The van der Waals surface area contributed by atoms with Gasteiger partial charge in [0.2, 0.25) is 10.0 Å². The van der Waals surface area contributed by atoms with Gasteiger partial charge in [0.05, 0.1) is 4.90 Å². The number of azide groups is 1. The molecule has 0 unspecified atom stereocenters. The Balaban J connectivity index is 3.29. The number of hydrogen-bond acceptors (Lipinski definition) is 3. The quantitative estimate of drug-likeness (QED) is 0.391. The second-order valence-corrected chi connectivity index (χ2v) is 6.51. The van der Waals surface area contributed by atoms with Crippen LogP contribution in [-0.4, -0.2) is 21.5 Å². The maximum atomic E-state index is 12.4. The number of rotatable bonds is 5. The highest BCUT2D eigenvalue weighted by Crippen LogP contribution is 2.29. The van der Waals surface area contributed by atoms with Gasteiger partial charge in [-0.15, -0.1) is 0 Å². The van der Waals surface area contributed by atoms with Gasteiger partial charge in [-0.2, -0.15) is 0 Å². The van der Waals surface area contributed by atoms with E-state index in [0.717, 1.165) is 27.8 Å². The molecule has 0 saturated heterocycles. The third kappa shape index (κ3) is 3.12. The van der Waals surface area contributed by atoms with E-state index in [-0.39, 0.29) is 13.1 Å². The van der Waals surface area contributed by atoms with Crippen molar-refractivity contribution in [3.05, 3.63) is 38.3 Å². The molecule has 6 nitrogen and oxygen atoms in total. The fourth-order valence-electron chi connectivity index (χ4n) is 2.22. The minimum absolute atomic E-state index is 0.0945. The van der Waals surface area contributed by atoms with Crippen LogP contribution < -0.4 is 4.72 Å². The lowest BCUT2D eigenvalue weighted by atomic mass is 9.95. The van der Waals surface area contributed by atoms with Crippen LogP contribution in [0.5, 0.6) is 0 Å². The second kappa shape index (κ2) is 6.26. The van der Waals surface area contributed by atoms with E-state index in [1.165, 1.54) is 0 Å². The van der Waals surface area contributed by atoms with Crippen molar-refractivity contribution in [3.8, 4) is 0 Å². The molecule has 0 aromatic heterocycles. The van der Waals surface area contributed by atoms with Crippen molar-refractivity contribution in [2.75, 3.05) is 13.1 Å². The third-order valence-corrected chi connectivity index (χ3v) is 5.50. The van der Waals surface area contributed by atoms with Gasteiger partial charge in [-0.1, -0.05) is 5.11 Å². The van der Waals surface area contributed by atoms with Gasteiger partial charge in [0.25, 0.3) is 0 Å². The van der Waals surface area contributed by atoms with Crippen molar-refractivity contribution in [2.24, 2.45) is 5.11 Å². The van der Waals surface area contributed by atoms with E-state index in [4.69, 9.17) is 5.53 Å². The molecular formula is C13H20N4O2S. The van der Waals surface area contributed by atoms with Crippen LogP contribution in [0.2, 0.25) is 0 Å². The van der Waals surface area contributed by atoms with Gasteiger partial charge in [-0.05, 0) is 68.0 Å². The fraction of sp³-hybridized carbons (Fsp3) is 0.538. The van der Waals surface area contributed by atoms with Crippen LogP contribution in [0.3, 0.4) is 0 Å². The molecule has 7 heteroatoms. The predicted molar refractivity (Wildman–Crippen MR) is 79.3 cm³/mol. The van der Waals surface area contributed by atoms with Crippen LogP contribution >= 0.6 is 0 Å². The Morgan fingerprint density at radius 2 is 1.45 bits per heavy atom. The summed E-state index contributed by atoms with van der Waals surface area (Å²) in [5.41, 5.74) is 12.8. The number of sulfonamides is 1. The number of hydrogen-bond donors (Lipinski definition) is 1. The smallest absolute Gasteiger partial charge is 0.211 e. The van der Waals surface area contributed by atoms with Gasteiger partial charge >= 0.3 is 0 Å². The number of nitrogens with one attached hydrogen (secondary N) is 1. The Hall–Kier alpha value is -1.56. The maximum absolute atomic E-state index is 12.4. The van der Waals surface area contributed by atoms with Crippen molar-refractivity contribution in [2.45, 2.75) is 39.5 Å². The number of nitrogens with zero attached hydrogens (tertiary/aromatic N) is 3. The largest absolute Gasteiger partial charge is 0.241 e. The first-order chi connectivity index (χ1) is 9.24. The SMILES string of the molecule is Cc1c(C)c(C)c(S(=O)(=O)NCCN=[N+]=[N-])c(C)c1C. The van der Waals surface area contributed by atoms with E-state index in [1.54, 1.807) is 0 Å². The van der Waals surface area contributed by atoms with Crippen molar-refractivity contribution in [1.82, 2.24) is 4.72 Å². The summed E-state index contributed by atoms with van der Waals surface area (Å²) in [5, 5.41) is 3.32. The molecule has 20 heavy (non-hydrogen) atoms. The molecule has 0 radical (unpaired) electrons. The highest BCUT2D eigenvalue weighted by atomic mass is 32.2. The molecule has 0 spiro atoms. The van der Waals surface area contributed by atoms with Gasteiger partial charge in [0, 0.05) is 18.0 Å². The zero-order chi connectivity index (χ0) is 15.5. The minimum Gasteiger partial charge on any atom is -0.211 e. The molecular weight excluding hydrogens is 276 g/mol. The normalized spacial score (nSPS) is 11.2. The summed E-state index contributed by atoms with van der Waals surface area (Å²) >= 11 is 0. The second-order valence-electron chi connectivity index (χ2n) is 4.81. The molecule has 0 aliphatic carbocycles. The molecule has 0 aliphatic heterocycles. The van der Waals surface area contributed by atoms with Crippen molar-refractivity contribution < 1.29 is 8.42 Å². The summed E-state index contributed by atoms with van der Waals surface area (Å²) in [5.74, 6) is 0. The van der Waals surface area contributed by atoms with Crippen molar-refractivity contribution >= 4 is 10.0 Å². The van der Waals surface area contributed by atoms with Crippen LogP contribution in [0.1, 0.15) is 27.8 Å². The molecule has 1 aromatic carbocycles. The van der Waals surface area contributed by atoms with Crippen LogP contribution in [0, 0.1) is 34.6 Å². The first-order valence-corrected chi connectivity index (χ1v) is 7.79. The summed E-state index contributed by atoms with van der Waals surface area (Å²) in [6.07, 6.45) is 0. The Kier molecular flexibility index (Phi) is 5.16. The Labute approximate surface area is 119 Å². The fourth-order valence-corrected chi connectivity index (χ4v) is 3.83. The molecule has 0 saturated carbocycles. The first kappa shape index (κ1) is 16.5. The topological polar surface area (TPSA) is 94.9 Å². The van der Waals surface area contributed by atoms with E-state index in [9.17, 15) is 8.42 Å². The average molecular weight is 296 g/mol. The first-order valence-electron chi connectivity index (χ1n) is 6.31. The Morgan fingerprint density at radius 1 is 1.00 bits per heavy atom. The lowest BCUT2D eigenvalue weighted by molar-refractivity contribution is 0.580. The Bertz CT molecular complexity index is 645. The van der Waals surface area contributed by atoms with Gasteiger partial charge in [-0.3, -0.25) is 0 Å². The summed E-state index contributed by atoms with van der Waals surface area (Å²) < 4.78 is 27.3. The predicted octanol–water partition coefficient (Wildman–Crippen LogP) is 2.82. The molecule has 0 amide bonds. The molecule has 110 valence electrons. The van der Waals surface area contributed by atoms with E-state index in [2.05, 4.69) is 14.7 Å². The van der Waals surface area contributed by atoms with E-state index < -0.39 is 10.0 Å². The van der Waals surface area contributed by atoms with Crippen LogP contribution in [0.15, 0.2) is 10.0 Å².